The number of anilines is 1. The lowest BCUT2D eigenvalue weighted by Gasteiger charge is -2.18. The highest BCUT2D eigenvalue weighted by atomic mass is 35.5. The molecule has 0 unspecified atom stereocenters. The van der Waals surface area contributed by atoms with E-state index in [9.17, 15) is 9.59 Å². The Morgan fingerprint density at radius 1 is 1.06 bits per heavy atom. The number of hydrogen-bond donors (Lipinski definition) is 1. The molecule has 1 amide bonds. The molecule has 9 heteroatoms. The Bertz CT molecular complexity index is 1370. The van der Waals surface area contributed by atoms with E-state index in [1.54, 1.807) is 61.5 Å². The molecule has 0 aliphatic rings. The van der Waals surface area contributed by atoms with Gasteiger partial charge >= 0.3 is 0 Å². The molecule has 0 fully saturated rings. The number of nitrogens with zero attached hydrogens (tertiary/aromatic N) is 4. The highest BCUT2D eigenvalue weighted by Gasteiger charge is 2.17. The molecular weight excluding hydrogens is 449 g/mol. The van der Waals surface area contributed by atoms with Gasteiger partial charge in [0.1, 0.15) is 11.6 Å². The van der Waals surface area contributed by atoms with E-state index in [2.05, 4.69) is 10.3 Å². The Labute approximate surface area is 194 Å². The number of halogens is 2. The quantitative estimate of drug-likeness (QED) is 0.480. The summed E-state index contributed by atoms with van der Waals surface area (Å²) in [6.45, 7) is 0.229. The fourth-order valence-corrected chi connectivity index (χ4v) is 3.65. The van der Waals surface area contributed by atoms with Crippen LogP contribution in [0.5, 0.6) is 0 Å². The Morgan fingerprint density at radius 3 is 2.47 bits per heavy atom. The largest absolute Gasteiger partial charge is 0.314 e. The molecule has 2 aromatic heterocycles. The molecule has 0 spiro atoms. The van der Waals surface area contributed by atoms with Gasteiger partial charge in [-0.1, -0.05) is 23.2 Å². The zero-order valence-electron chi connectivity index (χ0n) is 17.3. The fraction of sp³-hybridized carbons (Fsp3) is 0.130. The minimum atomic E-state index is -0.312. The maximum Gasteiger partial charge on any atom is 0.267 e. The summed E-state index contributed by atoms with van der Waals surface area (Å²) < 4.78 is 1.41. The third kappa shape index (κ3) is 4.23. The van der Waals surface area contributed by atoms with Gasteiger partial charge in [-0.25, -0.2) is 14.5 Å². The molecule has 0 bridgehead atoms. The first-order valence-corrected chi connectivity index (χ1v) is 10.5. The summed E-state index contributed by atoms with van der Waals surface area (Å²) in [6, 6.07) is 15.4. The first kappa shape index (κ1) is 22.0. The molecule has 2 heterocycles. The number of aromatic nitrogens is 3. The molecule has 0 saturated carbocycles. The smallest absolute Gasteiger partial charge is 0.267 e. The maximum absolute atomic E-state index is 13.4. The van der Waals surface area contributed by atoms with Crippen LogP contribution in [0.4, 0.5) is 5.69 Å². The van der Waals surface area contributed by atoms with E-state index in [0.717, 1.165) is 5.69 Å². The number of likely N-dealkylation sites (N-methyl/N-ethyl adjacent to an activating group) is 2. The van der Waals surface area contributed by atoms with Crippen molar-refractivity contribution in [1.82, 2.24) is 19.9 Å². The minimum absolute atomic E-state index is 0.0685. The summed E-state index contributed by atoms with van der Waals surface area (Å²) in [5.41, 5.74) is 1.60. The number of pyridine rings is 1. The average Bonchev–Trinajstić information content (AvgIpc) is 2.79. The van der Waals surface area contributed by atoms with Crippen molar-refractivity contribution in [3.63, 3.8) is 0 Å². The predicted octanol–water partition coefficient (Wildman–Crippen LogP) is 3.94. The number of benzene rings is 2. The van der Waals surface area contributed by atoms with Crippen LogP contribution in [-0.2, 0) is 4.79 Å². The molecule has 0 aliphatic carbocycles. The number of amides is 1. The number of fused-ring (bicyclic) bond motifs is 1. The molecule has 0 saturated heterocycles. The van der Waals surface area contributed by atoms with E-state index in [-0.39, 0.29) is 18.0 Å². The molecular formula is C23H19Cl2N5O2. The molecule has 4 rings (SSSR count). The molecule has 4 aromatic rings. The summed E-state index contributed by atoms with van der Waals surface area (Å²) in [5, 5.41) is 4.10. The molecule has 1 N–H and O–H groups in total. The van der Waals surface area contributed by atoms with Crippen LogP contribution in [0.3, 0.4) is 0 Å². The first-order valence-electron chi connectivity index (χ1n) is 9.75. The van der Waals surface area contributed by atoms with E-state index in [1.165, 1.54) is 10.8 Å². The lowest BCUT2D eigenvalue weighted by molar-refractivity contribution is -0.117. The van der Waals surface area contributed by atoms with Gasteiger partial charge in [0.2, 0.25) is 5.91 Å². The van der Waals surface area contributed by atoms with Crippen LogP contribution in [0, 0.1) is 0 Å². The topological polar surface area (TPSA) is 80.1 Å². The molecule has 2 aromatic carbocycles. The van der Waals surface area contributed by atoms with Crippen molar-refractivity contribution in [2.45, 2.75) is 0 Å². The monoisotopic (exact) mass is 467 g/mol. The van der Waals surface area contributed by atoms with E-state index < -0.39 is 0 Å². The number of hydrogen-bond acceptors (Lipinski definition) is 5. The third-order valence-corrected chi connectivity index (χ3v) is 5.45. The van der Waals surface area contributed by atoms with Crippen LogP contribution in [0.1, 0.15) is 0 Å². The Balaban J connectivity index is 1.90. The van der Waals surface area contributed by atoms with Crippen molar-refractivity contribution >= 4 is 45.7 Å². The van der Waals surface area contributed by atoms with Crippen LogP contribution in [0.15, 0.2) is 65.6 Å². The zero-order chi connectivity index (χ0) is 22.8. The van der Waals surface area contributed by atoms with E-state index in [4.69, 9.17) is 28.2 Å². The van der Waals surface area contributed by atoms with Gasteiger partial charge in [0.05, 0.1) is 17.4 Å². The molecule has 162 valence electrons. The van der Waals surface area contributed by atoms with Crippen molar-refractivity contribution in [2.75, 3.05) is 25.5 Å². The van der Waals surface area contributed by atoms with Gasteiger partial charge in [-0.3, -0.25) is 9.59 Å². The van der Waals surface area contributed by atoms with E-state index in [0.29, 0.717) is 38.2 Å². The second-order valence-corrected chi connectivity index (χ2v) is 7.97. The van der Waals surface area contributed by atoms with Crippen molar-refractivity contribution < 1.29 is 4.79 Å². The summed E-state index contributed by atoms with van der Waals surface area (Å²) in [6.07, 6.45) is 1.53. The SMILES string of the molecule is CNCC(=O)N(C)c1ccc(-c2nc3ccc(Cl)cc3c(=O)n2-c2cc(Cl)ccn2)cc1. The van der Waals surface area contributed by atoms with Gasteiger partial charge in [-0.15, -0.1) is 0 Å². The average molecular weight is 468 g/mol. The fourth-order valence-electron chi connectivity index (χ4n) is 3.33. The predicted molar refractivity (Wildman–Crippen MR) is 128 cm³/mol. The Hall–Kier alpha value is -3.26. The van der Waals surface area contributed by atoms with E-state index in [1.807, 2.05) is 12.1 Å². The summed E-state index contributed by atoms with van der Waals surface area (Å²) in [5.74, 6) is 0.675. The van der Waals surface area contributed by atoms with Crippen LogP contribution in [-0.4, -0.2) is 41.1 Å². The standard InChI is InChI=1S/C23H19Cl2N5O2/c1-26-13-21(31)29(2)17-6-3-14(4-7-17)22-28-19-8-5-15(24)11-18(19)23(32)30(22)20-12-16(25)9-10-27-20/h3-12,26H,13H2,1-2H3. The zero-order valence-corrected chi connectivity index (χ0v) is 18.9. The van der Waals surface area contributed by atoms with Gasteiger partial charge in [0, 0.05) is 40.6 Å². The molecule has 0 radical (unpaired) electrons. The van der Waals surface area contributed by atoms with Crippen LogP contribution in [0.2, 0.25) is 10.0 Å². The highest BCUT2D eigenvalue weighted by molar-refractivity contribution is 6.31. The summed E-state index contributed by atoms with van der Waals surface area (Å²) >= 11 is 12.3. The normalized spacial score (nSPS) is 11.0. The first-order chi connectivity index (χ1) is 15.4. The van der Waals surface area contributed by atoms with E-state index >= 15 is 0 Å². The third-order valence-electron chi connectivity index (χ3n) is 4.98. The molecule has 7 nitrogen and oxygen atoms in total. The summed E-state index contributed by atoms with van der Waals surface area (Å²) in [7, 11) is 3.43. The highest BCUT2D eigenvalue weighted by Crippen LogP contribution is 2.26. The minimum Gasteiger partial charge on any atom is -0.314 e. The molecule has 0 aliphatic heterocycles. The second-order valence-electron chi connectivity index (χ2n) is 7.10. The number of rotatable bonds is 5. The van der Waals surface area contributed by atoms with Gasteiger partial charge < -0.3 is 10.2 Å². The van der Waals surface area contributed by atoms with Crippen molar-refractivity contribution in [1.29, 1.82) is 0 Å². The lowest BCUT2D eigenvalue weighted by atomic mass is 10.1. The van der Waals surface area contributed by atoms with Gasteiger partial charge in [0.15, 0.2) is 0 Å². The van der Waals surface area contributed by atoms with Gasteiger partial charge in [-0.05, 0) is 55.6 Å². The van der Waals surface area contributed by atoms with Crippen molar-refractivity contribution in [2.24, 2.45) is 0 Å². The molecule has 32 heavy (non-hydrogen) atoms. The maximum atomic E-state index is 13.4. The van der Waals surface area contributed by atoms with Gasteiger partial charge in [0.25, 0.3) is 5.56 Å². The van der Waals surface area contributed by atoms with Crippen LogP contribution >= 0.6 is 23.2 Å². The number of carbonyl (C=O) groups is 1. The van der Waals surface area contributed by atoms with Crippen molar-refractivity contribution in [3.8, 4) is 17.2 Å². The van der Waals surface area contributed by atoms with Crippen molar-refractivity contribution in [3.05, 3.63) is 81.2 Å². The van der Waals surface area contributed by atoms with Gasteiger partial charge in [-0.2, -0.15) is 0 Å². The molecule has 0 atom stereocenters. The Morgan fingerprint density at radius 2 is 1.78 bits per heavy atom. The summed E-state index contributed by atoms with van der Waals surface area (Å²) in [4.78, 5) is 36.2. The second kappa shape index (κ2) is 9.08. The van der Waals surface area contributed by atoms with Crippen LogP contribution in [0.25, 0.3) is 28.1 Å². The number of carbonyl (C=O) groups excluding carboxylic acids is 1. The van der Waals surface area contributed by atoms with Crippen LogP contribution < -0.4 is 15.8 Å². The lowest BCUT2D eigenvalue weighted by Crippen LogP contribution is -2.34. The Kier molecular flexibility index (Phi) is 6.23. The number of nitrogens with one attached hydrogen (secondary N) is 1.